The summed E-state index contributed by atoms with van der Waals surface area (Å²) in [6.45, 7) is 5.21. The molecule has 80 valence electrons. The maximum Gasteiger partial charge on any atom is 0.120 e. The molecular weight excluding hydrogens is 244 g/mol. The van der Waals surface area contributed by atoms with Crippen LogP contribution in [0.3, 0.4) is 0 Å². The van der Waals surface area contributed by atoms with Crippen LogP contribution in [0.15, 0.2) is 28.7 Å². The van der Waals surface area contributed by atoms with Crippen molar-refractivity contribution in [3.8, 4) is 5.75 Å². The summed E-state index contributed by atoms with van der Waals surface area (Å²) in [7, 11) is 1.66. The fourth-order valence-electron chi connectivity index (χ4n) is 0.800. The van der Waals surface area contributed by atoms with Gasteiger partial charge in [0.15, 0.2) is 0 Å². The third-order valence-electron chi connectivity index (χ3n) is 1.35. The number of hydrogen-bond acceptors (Lipinski definition) is 2. The van der Waals surface area contributed by atoms with Crippen LogP contribution in [0.2, 0.25) is 0 Å². The second kappa shape index (κ2) is 9.03. The van der Waals surface area contributed by atoms with Crippen molar-refractivity contribution in [1.29, 1.82) is 0 Å². The summed E-state index contributed by atoms with van der Waals surface area (Å²) in [5.41, 5.74) is 0. The molecule has 1 aromatic rings. The van der Waals surface area contributed by atoms with Gasteiger partial charge in [-0.25, -0.2) is 0 Å². The number of hydrogen-bond donors (Lipinski definition) is 0. The Labute approximate surface area is 94.4 Å². The first-order chi connectivity index (χ1) is 6.83. The standard InChI is InChI=1S/C9H11BrO2.C2H6/c1-11-5-6-12-9-4-2-3-8(10)7-9;1-2/h2-4,7H,5-6H2,1H3;1-2H3. The summed E-state index contributed by atoms with van der Waals surface area (Å²) in [6, 6.07) is 7.74. The second-order valence-corrected chi connectivity index (χ2v) is 3.21. The summed E-state index contributed by atoms with van der Waals surface area (Å²) in [5.74, 6) is 0.862. The van der Waals surface area contributed by atoms with Gasteiger partial charge in [-0.2, -0.15) is 0 Å². The first-order valence-corrected chi connectivity index (χ1v) is 5.49. The van der Waals surface area contributed by atoms with Crippen molar-refractivity contribution in [3.05, 3.63) is 28.7 Å². The summed E-state index contributed by atoms with van der Waals surface area (Å²) in [4.78, 5) is 0. The van der Waals surface area contributed by atoms with E-state index >= 15 is 0 Å². The van der Waals surface area contributed by atoms with Crippen LogP contribution in [-0.2, 0) is 4.74 Å². The Bertz CT molecular complexity index is 238. The lowest BCUT2D eigenvalue weighted by Crippen LogP contribution is -2.03. The number of benzene rings is 1. The third-order valence-corrected chi connectivity index (χ3v) is 1.85. The molecule has 3 heteroatoms. The van der Waals surface area contributed by atoms with Crippen molar-refractivity contribution in [2.24, 2.45) is 0 Å². The molecule has 0 amide bonds. The second-order valence-electron chi connectivity index (χ2n) is 2.30. The molecule has 0 saturated carbocycles. The molecular formula is C11H17BrO2. The minimum atomic E-state index is 0.590. The fourth-order valence-corrected chi connectivity index (χ4v) is 1.18. The van der Waals surface area contributed by atoms with E-state index in [2.05, 4.69) is 15.9 Å². The quantitative estimate of drug-likeness (QED) is 0.772. The van der Waals surface area contributed by atoms with E-state index in [4.69, 9.17) is 9.47 Å². The maximum absolute atomic E-state index is 5.37. The van der Waals surface area contributed by atoms with E-state index in [1.807, 2.05) is 38.1 Å². The molecule has 0 atom stereocenters. The van der Waals surface area contributed by atoms with E-state index < -0.39 is 0 Å². The Kier molecular flexibility index (Phi) is 8.68. The smallest absolute Gasteiger partial charge is 0.120 e. The molecule has 0 radical (unpaired) electrons. The highest BCUT2D eigenvalue weighted by Gasteiger charge is 1.92. The van der Waals surface area contributed by atoms with Crippen molar-refractivity contribution in [2.45, 2.75) is 13.8 Å². The van der Waals surface area contributed by atoms with Crippen molar-refractivity contribution in [3.63, 3.8) is 0 Å². The van der Waals surface area contributed by atoms with Gasteiger partial charge >= 0.3 is 0 Å². The lowest BCUT2D eigenvalue weighted by atomic mass is 10.3. The van der Waals surface area contributed by atoms with E-state index in [-0.39, 0.29) is 0 Å². The van der Waals surface area contributed by atoms with Crippen molar-refractivity contribution < 1.29 is 9.47 Å². The number of ether oxygens (including phenoxy) is 2. The van der Waals surface area contributed by atoms with E-state index in [0.29, 0.717) is 13.2 Å². The van der Waals surface area contributed by atoms with Crippen LogP contribution in [0.25, 0.3) is 0 Å². The largest absolute Gasteiger partial charge is 0.491 e. The first-order valence-electron chi connectivity index (χ1n) is 4.70. The SMILES string of the molecule is CC.COCCOc1cccc(Br)c1. The van der Waals surface area contributed by atoms with Gasteiger partial charge in [0.25, 0.3) is 0 Å². The van der Waals surface area contributed by atoms with Crippen LogP contribution in [-0.4, -0.2) is 20.3 Å². The molecule has 0 aliphatic heterocycles. The highest BCUT2D eigenvalue weighted by molar-refractivity contribution is 9.10. The molecule has 0 spiro atoms. The Morgan fingerprint density at radius 3 is 2.50 bits per heavy atom. The van der Waals surface area contributed by atoms with Crippen molar-refractivity contribution in [2.75, 3.05) is 20.3 Å². The lowest BCUT2D eigenvalue weighted by Gasteiger charge is -2.04. The van der Waals surface area contributed by atoms with Gasteiger partial charge in [0, 0.05) is 11.6 Å². The molecule has 0 bridgehead atoms. The Morgan fingerprint density at radius 2 is 1.93 bits per heavy atom. The van der Waals surface area contributed by atoms with Crippen LogP contribution in [0.5, 0.6) is 5.75 Å². The summed E-state index contributed by atoms with van der Waals surface area (Å²) in [6.07, 6.45) is 0. The van der Waals surface area contributed by atoms with E-state index in [0.717, 1.165) is 10.2 Å². The van der Waals surface area contributed by atoms with Gasteiger partial charge in [-0.05, 0) is 18.2 Å². The van der Waals surface area contributed by atoms with Gasteiger partial charge in [-0.15, -0.1) is 0 Å². The molecule has 0 fully saturated rings. The number of halogens is 1. The molecule has 1 rings (SSSR count). The van der Waals surface area contributed by atoms with Crippen molar-refractivity contribution >= 4 is 15.9 Å². The van der Waals surface area contributed by atoms with Gasteiger partial charge in [0.2, 0.25) is 0 Å². The average molecular weight is 261 g/mol. The highest BCUT2D eigenvalue weighted by Crippen LogP contribution is 2.17. The monoisotopic (exact) mass is 260 g/mol. The molecule has 0 unspecified atom stereocenters. The minimum absolute atomic E-state index is 0.590. The van der Waals surface area contributed by atoms with Gasteiger partial charge in [-0.1, -0.05) is 35.8 Å². The Balaban J connectivity index is 0.000000791. The zero-order valence-electron chi connectivity index (χ0n) is 8.92. The fraction of sp³-hybridized carbons (Fsp3) is 0.455. The highest BCUT2D eigenvalue weighted by atomic mass is 79.9. The van der Waals surface area contributed by atoms with Crippen LogP contribution < -0.4 is 4.74 Å². The van der Waals surface area contributed by atoms with Gasteiger partial charge in [0.05, 0.1) is 6.61 Å². The molecule has 14 heavy (non-hydrogen) atoms. The van der Waals surface area contributed by atoms with Crippen LogP contribution >= 0.6 is 15.9 Å². The van der Waals surface area contributed by atoms with Gasteiger partial charge < -0.3 is 9.47 Å². The van der Waals surface area contributed by atoms with E-state index in [1.165, 1.54) is 0 Å². The summed E-state index contributed by atoms with van der Waals surface area (Å²) in [5, 5.41) is 0. The minimum Gasteiger partial charge on any atom is -0.491 e. The zero-order chi connectivity index (χ0) is 10.8. The summed E-state index contributed by atoms with van der Waals surface area (Å²) >= 11 is 3.36. The zero-order valence-corrected chi connectivity index (χ0v) is 10.5. The third kappa shape index (κ3) is 6.00. The normalized spacial score (nSPS) is 8.86. The predicted octanol–water partition coefficient (Wildman–Crippen LogP) is 3.50. The molecule has 1 aromatic carbocycles. The first kappa shape index (κ1) is 13.5. The topological polar surface area (TPSA) is 18.5 Å². The van der Waals surface area contributed by atoms with E-state index in [1.54, 1.807) is 7.11 Å². The maximum atomic E-state index is 5.37. The van der Waals surface area contributed by atoms with Crippen molar-refractivity contribution in [1.82, 2.24) is 0 Å². The molecule has 0 aliphatic rings. The van der Waals surface area contributed by atoms with E-state index in [9.17, 15) is 0 Å². The molecule has 0 saturated heterocycles. The number of rotatable bonds is 4. The molecule has 0 N–H and O–H groups in total. The average Bonchev–Trinajstić information content (AvgIpc) is 2.21. The van der Waals surface area contributed by atoms with Crippen LogP contribution in [0.1, 0.15) is 13.8 Å². The lowest BCUT2D eigenvalue weighted by molar-refractivity contribution is 0.146. The molecule has 2 nitrogen and oxygen atoms in total. The molecule has 0 heterocycles. The van der Waals surface area contributed by atoms with Gasteiger partial charge in [-0.3, -0.25) is 0 Å². The Hall–Kier alpha value is -0.540. The number of methoxy groups -OCH3 is 1. The molecule has 0 aromatic heterocycles. The Morgan fingerprint density at radius 1 is 1.21 bits per heavy atom. The molecule has 0 aliphatic carbocycles. The predicted molar refractivity (Wildman–Crippen MR) is 62.9 cm³/mol. The van der Waals surface area contributed by atoms with Crippen LogP contribution in [0, 0.1) is 0 Å². The summed E-state index contributed by atoms with van der Waals surface area (Å²) < 4.78 is 11.3. The van der Waals surface area contributed by atoms with Crippen LogP contribution in [0.4, 0.5) is 0 Å². The van der Waals surface area contributed by atoms with Gasteiger partial charge in [0.1, 0.15) is 12.4 Å².